The van der Waals surface area contributed by atoms with Crippen molar-refractivity contribution in [2.24, 2.45) is 0 Å². The fraction of sp³-hybridized carbons (Fsp3) is 0. The molecule has 25 valence electrons. The fourth-order valence-electron chi connectivity index (χ4n) is 0. The molecule has 0 fully saturated rings. The van der Waals surface area contributed by atoms with Crippen LogP contribution >= 0.6 is 0 Å². The van der Waals surface area contributed by atoms with E-state index in [4.69, 9.17) is 0 Å². The summed E-state index contributed by atoms with van der Waals surface area (Å²) in [6, 6.07) is 0. The van der Waals surface area contributed by atoms with Gasteiger partial charge in [0.15, 0.2) is 0 Å². The second-order valence-corrected chi connectivity index (χ2v) is 0. The second kappa shape index (κ2) is 19.0. The van der Waals surface area contributed by atoms with Crippen LogP contribution in [0, 0.1) is 0 Å². The Bertz CT molecular complexity index is 6.00. The summed E-state index contributed by atoms with van der Waals surface area (Å²) in [5.74, 6) is 0. The fourth-order valence-corrected chi connectivity index (χ4v) is 0. The van der Waals surface area contributed by atoms with E-state index in [1.807, 2.05) is 0 Å². The van der Waals surface area contributed by atoms with Crippen molar-refractivity contribution in [3.05, 3.63) is 0 Å². The zero-order chi connectivity index (χ0) is 0. The van der Waals surface area contributed by atoms with Gasteiger partial charge in [0.2, 0.25) is 0 Å². The Morgan fingerprint density at radius 3 is 0.750 bits per heavy atom. The van der Waals surface area contributed by atoms with Crippen molar-refractivity contribution in [2.75, 3.05) is 0 Å². The minimum atomic E-state index is 0. The molecule has 0 aliphatic heterocycles. The van der Waals surface area contributed by atoms with Gasteiger partial charge in [0.1, 0.15) is 0 Å². The Hall–Kier alpha value is 2.19. The topological polar surface area (TPSA) is 0 Å². The van der Waals surface area contributed by atoms with Gasteiger partial charge >= 0.3 is 36.9 Å². The third-order valence-corrected chi connectivity index (χ3v) is 0. The van der Waals surface area contributed by atoms with Gasteiger partial charge in [0.25, 0.3) is 0 Å². The molecule has 0 unspecified atom stereocenters. The van der Waals surface area contributed by atoms with Crippen LogP contribution in [0.25, 0.3) is 0 Å². The van der Waals surface area contributed by atoms with Crippen LogP contribution in [0.15, 0.2) is 0 Å². The van der Waals surface area contributed by atoms with Gasteiger partial charge in [0.05, 0.1) is 0 Å². The van der Waals surface area contributed by atoms with Gasteiger partial charge in [-0.1, -0.05) is 0 Å². The van der Waals surface area contributed by atoms with Crippen molar-refractivity contribution < 1.29 is 17.1 Å². The van der Waals surface area contributed by atoms with Gasteiger partial charge in [-0.3, -0.25) is 0 Å². The zero-order valence-electron chi connectivity index (χ0n) is 1.70. The Morgan fingerprint density at radius 1 is 0.750 bits per heavy atom. The van der Waals surface area contributed by atoms with E-state index >= 15 is 0 Å². The van der Waals surface area contributed by atoms with E-state index in [0.717, 1.165) is 0 Å². The summed E-state index contributed by atoms with van der Waals surface area (Å²) >= 11 is 0. The van der Waals surface area contributed by atoms with Crippen LogP contribution in [-0.2, 0) is 17.1 Å². The van der Waals surface area contributed by atoms with Crippen LogP contribution in [0.4, 0.5) is 0 Å². The average molecular weight is 291 g/mol. The van der Waals surface area contributed by atoms with Gasteiger partial charge in [-0.25, -0.2) is 0 Å². The van der Waals surface area contributed by atoms with E-state index in [2.05, 4.69) is 0 Å². The molecule has 0 aromatic carbocycles. The van der Waals surface area contributed by atoms with E-state index in [9.17, 15) is 0 Å². The first-order chi connectivity index (χ1) is 0. The third-order valence-electron chi connectivity index (χ3n) is 0. The first-order valence-corrected chi connectivity index (χ1v) is 0. The normalized spacial score (nSPS) is 0. The van der Waals surface area contributed by atoms with E-state index in [-0.39, 0.29) is 71.0 Å². The van der Waals surface area contributed by atoms with Gasteiger partial charge in [-0.15, -0.1) is 0 Å². The number of hydrogen-bond donors (Lipinski definition) is 0. The molecule has 0 atom stereocenters. The molecule has 0 N–H and O–H groups in total. The maximum atomic E-state index is 0. The van der Waals surface area contributed by atoms with E-state index in [1.54, 1.807) is 0 Å². The molecule has 0 saturated heterocycles. The summed E-state index contributed by atoms with van der Waals surface area (Å²) in [7, 11) is 0. The third kappa shape index (κ3) is 8.89. The molecule has 1 radical (unpaired) electrons. The molecule has 0 amide bonds. The van der Waals surface area contributed by atoms with Crippen LogP contribution in [0.5, 0.6) is 0 Å². The summed E-state index contributed by atoms with van der Waals surface area (Å²) in [4.78, 5) is 0. The largest absolute Gasteiger partial charge is 3.00 e. The first-order valence-electron chi connectivity index (χ1n) is 0. The predicted octanol–water partition coefficient (Wildman–Crippen LogP) is -1.14. The molecule has 4 heavy (non-hydrogen) atoms. The SMILES string of the molecule is [Cu+2].[Ga+3].[Se-2].[Se-2]. The van der Waals surface area contributed by atoms with Crippen molar-refractivity contribution in [3.63, 3.8) is 0 Å². The van der Waals surface area contributed by atoms with Gasteiger partial charge in [-0.2, -0.15) is 0 Å². The Labute approximate surface area is 70.3 Å². The van der Waals surface area contributed by atoms with E-state index < -0.39 is 0 Å². The number of rotatable bonds is 0. The number of hydrogen-bond acceptors (Lipinski definition) is 0. The minimum absolute atomic E-state index is 0. The van der Waals surface area contributed by atoms with Crippen molar-refractivity contribution in [2.45, 2.75) is 0 Å². The molecule has 0 spiro atoms. The Morgan fingerprint density at radius 2 is 0.750 bits per heavy atom. The van der Waals surface area contributed by atoms with Gasteiger partial charge < -0.3 is 34.1 Å². The summed E-state index contributed by atoms with van der Waals surface area (Å²) in [5, 5.41) is 0. The van der Waals surface area contributed by atoms with Gasteiger partial charge in [-0.05, 0) is 0 Å². The molecule has 0 aliphatic carbocycles. The molecule has 0 nitrogen and oxygen atoms in total. The summed E-state index contributed by atoms with van der Waals surface area (Å²) in [5.41, 5.74) is 0. The summed E-state index contributed by atoms with van der Waals surface area (Å²) in [6.45, 7) is 0. The van der Waals surface area contributed by atoms with Crippen LogP contribution in [0.1, 0.15) is 0 Å². The van der Waals surface area contributed by atoms with Crippen molar-refractivity contribution in [3.8, 4) is 0 Å². The maximum absolute atomic E-state index is 0. The van der Waals surface area contributed by atoms with Crippen LogP contribution in [0.3, 0.4) is 0 Å². The Kier molecular flexibility index (Phi) is 165. The van der Waals surface area contributed by atoms with Crippen LogP contribution in [0.2, 0.25) is 0 Å². The second-order valence-electron chi connectivity index (χ2n) is 0. The van der Waals surface area contributed by atoms with Crippen molar-refractivity contribution in [1.82, 2.24) is 0 Å². The predicted molar refractivity (Wildman–Crippen MR) is 17.3 cm³/mol. The quantitative estimate of drug-likeness (QED) is 0.495. The molecule has 0 saturated carbocycles. The molecule has 0 rings (SSSR count). The molecular weight excluding hydrogens is 291 g/mol. The monoisotopic (exact) mass is 292 g/mol. The molecule has 4 heteroatoms. The molecule has 0 bridgehead atoms. The molecule has 0 aromatic rings. The van der Waals surface area contributed by atoms with E-state index in [0.29, 0.717) is 0 Å². The van der Waals surface area contributed by atoms with Crippen molar-refractivity contribution >= 4 is 53.9 Å². The summed E-state index contributed by atoms with van der Waals surface area (Å²) in [6.07, 6.45) is 0. The van der Waals surface area contributed by atoms with E-state index in [1.165, 1.54) is 0 Å². The smallest absolute Gasteiger partial charge is 2.00 e. The van der Waals surface area contributed by atoms with Crippen LogP contribution in [-0.4, -0.2) is 53.9 Å². The molecule has 0 aliphatic rings. The molecule has 0 heterocycles. The van der Waals surface area contributed by atoms with Gasteiger partial charge in [0, 0.05) is 0 Å². The van der Waals surface area contributed by atoms with Crippen LogP contribution < -0.4 is 0 Å². The maximum Gasteiger partial charge on any atom is 3.00 e. The summed E-state index contributed by atoms with van der Waals surface area (Å²) < 4.78 is 0. The zero-order valence-corrected chi connectivity index (χ0v) is 8.49. The molecule has 0 aromatic heterocycles. The van der Waals surface area contributed by atoms with Crippen molar-refractivity contribution in [1.29, 1.82) is 0 Å². The first kappa shape index (κ1) is 34.7. The average Bonchev–Trinajstić information content (AvgIpc) is 0. The minimum Gasteiger partial charge on any atom is -2.00 e. The Balaban J connectivity index is 0. The standard InChI is InChI=1S/Cu.Ga.2Se/q+2;+3;2*-2. The molecular formula is CuGaSe2+.